The van der Waals surface area contributed by atoms with Crippen molar-refractivity contribution in [3.63, 3.8) is 0 Å². The standard InChI is InChI=1S/C27H28N4O4/c1-4-20-11-13-22(14-12-20)29-25(32)17-35-23-9-6-8-21(15-23)16-28-31-27(34)26(33)30-24-10-5-7-18(2)19(24)3/h5-16H,4,17H2,1-3H3,(H,29,32)(H,30,33)(H,31,34)/b28-16-. The Morgan fingerprint density at radius 2 is 1.66 bits per heavy atom. The summed E-state index contributed by atoms with van der Waals surface area (Å²) in [6, 6.07) is 19.9. The topological polar surface area (TPSA) is 109 Å². The predicted molar refractivity (Wildman–Crippen MR) is 137 cm³/mol. The number of nitrogens with zero attached hydrogens (tertiary/aromatic N) is 1. The van der Waals surface area contributed by atoms with Crippen LogP contribution in [-0.2, 0) is 20.8 Å². The maximum atomic E-state index is 12.2. The Morgan fingerprint density at radius 1 is 0.914 bits per heavy atom. The SMILES string of the molecule is CCc1ccc(NC(=O)COc2cccc(/C=N\NC(=O)C(=O)Nc3cccc(C)c3C)c2)cc1. The summed E-state index contributed by atoms with van der Waals surface area (Å²) in [5.74, 6) is -1.53. The smallest absolute Gasteiger partial charge is 0.329 e. The molecule has 0 spiro atoms. The number of anilines is 2. The number of amides is 3. The van der Waals surface area contributed by atoms with Crippen molar-refractivity contribution < 1.29 is 19.1 Å². The molecule has 180 valence electrons. The van der Waals surface area contributed by atoms with Gasteiger partial charge in [0.05, 0.1) is 6.21 Å². The van der Waals surface area contributed by atoms with Crippen molar-refractivity contribution >= 4 is 35.3 Å². The third-order valence-corrected chi connectivity index (χ3v) is 5.31. The lowest BCUT2D eigenvalue weighted by molar-refractivity contribution is -0.136. The second kappa shape index (κ2) is 12.1. The fourth-order valence-corrected chi connectivity index (χ4v) is 3.14. The number of nitrogens with one attached hydrogen (secondary N) is 3. The van der Waals surface area contributed by atoms with Crippen molar-refractivity contribution in [1.82, 2.24) is 5.43 Å². The number of rotatable bonds is 8. The zero-order chi connectivity index (χ0) is 25.2. The fraction of sp³-hybridized carbons (Fsp3) is 0.185. The lowest BCUT2D eigenvalue weighted by atomic mass is 10.1. The molecule has 0 aliphatic heterocycles. The predicted octanol–water partition coefficient (Wildman–Crippen LogP) is 3.97. The van der Waals surface area contributed by atoms with E-state index in [0.717, 1.165) is 17.5 Å². The number of aryl methyl sites for hydroxylation is 2. The maximum Gasteiger partial charge on any atom is 0.329 e. The van der Waals surface area contributed by atoms with E-state index in [1.54, 1.807) is 36.4 Å². The van der Waals surface area contributed by atoms with Gasteiger partial charge in [-0.1, -0.05) is 43.3 Å². The average Bonchev–Trinajstić information content (AvgIpc) is 2.86. The van der Waals surface area contributed by atoms with Gasteiger partial charge in [0, 0.05) is 11.4 Å². The summed E-state index contributed by atoms with van der Waals surface area (Å²) < 4.78 is 5.55. The fourth-order valence-electron chi connectivity index (χ4n) is 3.14. The highest BCUT2D eigenvalue weighted by atomic mass is 16.5. The van der Waals surface area contributed by atoms with E-state index in [4.69, 9.17) is 4.74 Å². The van der Waals surface area contributed by atoms with Crippen molar-refractivity contribution in [3.05, 3.63) is 89.0 Å². The van der Waals surface area contributed by atoms with Gasteiger partial charge in [-0.15, -0.1) is 0 Å². The van der Waals surface area contributed by atoms with Crippen molar-refractivity contribution in [2.24, 2.45) is 5.10 Å². The Balaban J connectivity index is 1.48. The van der Waals surface area contributed by atoms with Gasteiger partial charge < -0.3 is 15.4 Å². The minimum absolute atomic E-state index is 0.161. The van der Waals surface area contributed by atoms with Gasteiger partial charge in [0.1, 0.15) is 5.75 Å². The van der Waals surface area contributed by atoms with E-state index in [1.807, 2.05) is 44.2 Å². The molecule has 0 aliphatic rings. The second-order valence-corrected chi connectivity index (χ2v) is 7.86. The third kappa shape index (κ3) is 7.53. The van der Waals surface area contributed by atoms with Crippen molar-refractivity contribution in [2.75, 3.05) is 17.2 Å². The molecule has 0 saturated heterocycles. The average molecular weight is 473 g/mol. The number of hydrazone groups is 1. The Bertz CT molecular complexity index is 1240. The highest BCUT2D eigenvalue weighted by Crippen LogP contribution is 2.18. The van der Waals surface area contributed by atoms with E-state index in [2.05, 4.69) is 28.1 Å². The minimum atomic E-state index is -0.891. The van der Waals surface area contributed by atoms with E-state index in [1.165, 1.54) is 11.8 Å². The molecular formula is C27H28N4O4. The molecule has 3 amide bonds. The molecule has 3 N–H and O–H groups in total. The number of hydrogen-bond donors (Lipinski definition) is 3. The van der Waals surface area contributed by atoms with Crippen LogP contribution in [-0.4, -0.2) is 30.5 Å². The van der Waals surface area contributed by atoms with Crippen LogP contribution in [0.4, 0.5) is 11.4 Å². The minimum Gasteiger partial charge on any atom is -0.484 e. The van der Waals surface area contributed by atoms with Crippen LogP contribution < -0.4 is 20.8 Å². The molecule has 35 heavy (non-hydrogen) atoms. The number of ether oxygens (including phenoxy) is 1. The Morgan fingerprint density at radius 3 is 2.40 bits per heavy atom. The molecule has 0 bridgehead atoms. The van der Waals surface area contributed by atoms with E-state index in [-0.39, 0.29) is 12.5 Å². The van der Waals surface area contributed by atoms with Crippen LogP contribution in [0.1, 0.15) is 29.2 Å². The van der Waals surface area contributed by atoms with Crippen LogP contribution in [0.15, 0.2) is 71.8 Å². The summed E-state index contributed by atoms with van der Waals surface area (Å²) >= 11 is 0. The van der Waals surface area contributed by atoms with E-state index >= 15 is 0 Å². The van der Waals surface area contributed by atoms with Crippen LogP contribution in [0.3, 0.4) is 0 Å². The van der Waals surface area contributed by atoms with Crippen LogP contribution in [0, 0.1) is 13.8 Å². The van der Waals surface area contributed by atoms with Crippen LogP contribution in [0.25, 0.3) is 0 Å². The monoisotopic (exact) mass is 472 g/mol. The first-order chi connectivity index (χ1) is 16.9. The largest absolute Gasteiger partial charge is 0.484 e. The van der Waals surface area contributed by atoms with E-state index in [9.17, 15) is 14.4 Å². The Labute approximate surface area is 204 Å². The molecule has 8 heteroatoms. The van der Waals surface area contributed by atoms with E-state index < -0.39 is 11.8 Å². The zero-order valence-corrected chi connectivity index (χ0v) is 19.9. The first kappa shape index (κ1) is 25.2. The highest BCUT2D eigenvalue weighted by Gasteiger charge is 2.14. The summed E-state index contributed by atoms with van der Waals surface area (Å²) in [5, 5.41) is 9.19. The van der Waals surface area contributed by atoms with Gasteiger partial charge in [-0.05, 0) is 72.9 Å². The normalized spacial score (nSPS) is 10.6. The van der Waals surface area contributed by atoms with Crippen LogP contribution >= 0.6 is 0 Å². The first-order valence-corrected chi connectivity index (χ1v) is 11.2. The van der Waals surface area contributed by atoms with Gasteiger partial charge in [0.15, 0.2) is 6.61 Å². The molecule has 0 unspecified atom stereocenters. The number of benzene rings is 3. The molecule has 3 aromatic rings. The van der Waals surface area contributed by atoms with Gasteiger partial charge in [-0.2, -0.15) is 5.10 Å². The highest BCUT2D eigenvalue weighted by molar-refractivity contribution is 6.39. The molecule has 8 nitrogen and oxygen atoms in total. The Kier molecular flexibility index (Phi) is 8.72. The lowest BCUT2D eigenvalue weighted by Crippen LogP contribution is -2.32. The molecule has 0 fully saturated rings. The van der Waals surface area contributed by atoms with Crippen LogP contribution in [0.2, 0.25) is 0 Å². The molecular weight excluding hydrogens is 444 g/mol. The summed E-state index contributed by atoms with van der Waals surface area (Å²) in [6.07, 6.45) is 2.31. The van der Waals surface area contributed by atoms with Gasteiger partial charge in [0.25, 0.3) is 5.91 Å². The molecule has 0 atom stereocenters. The summed E-state index contributed by atoms with van der Waals surface area (Å²) in [5.41, 5.74) is 7.18. The van der Waals surface area contributed by atoms with E-state index in [0.29, 0.717) is 22.7 Å². The quantitative estimate of drug-likeness (QED) is 0.262. The van der Waals surface area contributed by atoms with Crippen molar-refractivity contribution in [2.45, 2.75) is 27.2 Å². The molecule has 3 aromatic carbocycles. The summed E-state index contributed by atoms with van der Waals surface area (Å²) in [4.78, 5) is 36.3. The second-order valence-electron chi connectivity index (χ2n) is 7.86. The molecule has 0 radical (unpaired) electrons. The summed E-state index contributed by atoms with van der Waals surface area (Å²) in [7, 11) is 0. The number of hydrogen-bond acceptors (Lipinski definition) is 5. The van der Waals surface area contributed by atoms with Gasteiger partial charge in [0.2, 0.25) is 0 Å². The summed E-state index contributed by atoms with van der Waals surface area (Å²) in [6.45, 7) is 5.69. The molecule has 0 aliphatic carbocycles. The molecule has 0 saturated carbocycles. The maximum absolute atomic E-state index is 12.2. The number of carbonyl (C=O) groups excluding carboxylic acids is 3. The first-order valence-electron chi connectivity index (χ1n) is 11.2. The van der Waals surface area contributed by atoms with Crippen molar-refractivity contribution in [1.29, 1.82) is 0 Å². The number of carbonyl (C=O) groups is 3. The molecule has 0 heterocycles. The Hall–Kier alpha value is -4.46. The van der Waals surface area contributed by atoms with Crippen LogP contribution in [0.5, 0.6) is 5.75 Å². The van der Waals surface area contributed by atoms with Gasteiger partial charge >= 0.3 is 11.8 Å². The van der Waals surface area contributed by atoms with Gasteiger partial charge in [-0.3, -0.25) is 14.4 Å². The molecule has 3 rings (SSSR count). The lowest BCUT2D eigenvalue weighted by Gasteiger charge is -2.09. The third-order valence-electron chi connectivity index (χ3n) is 5.31. The zero-order valence-electron chi connectivity index (χ0n) is 19.9. The van der Waals surface area contributed by atoms with Gasteiger partial charge in [-0.25, -0.2) is 5.43 Å². The van der Waals surface area contributed by atoms with Crippen molar-refractivity contribution in [3.8, 4) is 5.75 Å². The molecule has 0 aromatic heterocycles.